The quantitative estimate of drug-likeness (QED) is 0.447. The normalized spacial score (nSPS) is 12.5. The molecule has 0 saturated carbocycles. The molecule has 6 heteroatoms. The average molecular weight is 442 g/mol. The number of methoxy groups -OCH3 is 1. The molecule has 3 aromatic rings. The van der Waals surface area contributed by atoms with E-state index in [0.29, 0.717) is 12.3 Å². The summed E-state index contributed by atoms with van der Waals surface area (Å²) in [5.41, 5.74) is 4.14. The molecule has 0 saturated heterocycles. The van der Waals surface area contributed by atoms with Crippen LogP contribution in [0.15, 0.2) is 72.8 Å². The number of ether oxygens (including phenoxy) is 1. The van der Waals surface area contributed by atoms with Gasteiger partial charge in [0.25, 0.3) is 0 Å². The number of benzene rings is 3. The molecule has 0 bridgehead atoms. The third kappa shape index (κ3) is 6.56. The Morgan fingerprint density at radius 2 is 1.65 bits per heavy atom. The van der Waals surface area contributed by atoms with Crippen LogP contribution in [0.3, 0.4) is 0 Å². The molecule has 0 aromatic heterocycles. The van der Waals surface area contributed by atoms with Crippen molar-refractivity contribution in [1.82, 2.24) is 5.32 Å². The Balaban J connectivity index is 0.00000341. The SMILES string of the molecule is COc1cc(-c2ccc(C[C@@H](C)NC[C@H](O)c3ccccc3)cc2)ccc1C(=O)O.Cl. The summed E-state index contributed by atoms with van der Waals surface area (Å²) in [6.07, 6.45) is 0.308. The lowest BCUT2D eigenvalue weighted by atomic mass is 9.99. The summed E-state index contributed by atoms with van der Waals surface area (Å²) in [6.45, 7) is 2.60. The van der Waals surface area contributed by atoms with E-state index in [2.05, 4.69) is 24.4 Å². The first-order valence-electron chi connectivity index (χ1n) is 9.95. The van der Waals surface area contributed by atoms with Gasteiger partial charge >= 0.3 is 5.97 Å². The van der Waals surface area contributed by atoms with Crippen molar-refractivity contribution in [2.24, 2.45) is 0 Å². The predicted molar refractivity (Wildman–Crippen MR) is 125 cm³/mol. The summed E-state index contributed by atoms with van der Waals surface area (Å²) >= 11 is 0. The van der Waals surface area contributed by atoms with Gasteiger partial charge < -0.3 is 20.3 Å². The Bertz CT molecular complexity index is 977. The molecular weight excluding hydrogens is 414 g/mol. The van der Waals surface area contributed by atoms with Crippen LogP contribution in [0, 0.1) is 0 Å². The molecule has 3 N–H and O–H groups in total. The van der Waals surface area contributed by atoms with Gasteiger partial charge in [-0.25, -0.2) is 4.79 Å². The van der Waals surface area contributed by atoms with Crippen molar-refractivity contribution >= 4 is 18.4 Å². The zero-order chi connectivity index (χ0) is 21.5. The maximum absolute atomic E-state index is 11.3. The number of aliphatic hydroxyl groups is 1. The first-order valence-corrected chi connectivity index (χ1v) is 9.95. The molecule has 0 radical (unpaired) electrons. The number of aliphatic hydroxyl groups excluding tert-OH is 1. The summed E-state index contributed by atoms with van der Waals surface area (Å²) in [6, 6.07) is 23.1. The van der Waals surface area contributed by atoms with Gasteiger partial charge in [-0.3, -0.25) is 0 Å². The zero-order valence-electron chi connectivity index (χ0n) is 17.6. The summed E-state index contributed by atoms with van der Waals surface area (Å²) in [7, 11) is 1.47. The van der Waals surface area contributed by atoms with Crippen LogP contribution in [0.1, 0.15) is 34.5 Å². The lowest BCUT2D eigenvalue weighted by Crippen LogP contribution is -2.32. The van der Waals surface area contributed by atoms with Gasteiger partial charge in [0.05, 0.1) is 13.2 Å². The molecule has 31 heavy (non-hydrogen) atoms. The number of hydrogen-bond acceptors (Lipinski definition) is 4. The number of aromatic carboxylic acids is 1. The predicted octanol–water partition coefficient (Wildman–Crippen LogP) is 4.74. The highest BCUT2D eigenvalue weighted by Crippen LogP contribution is 2.27. The van der Waals surface area contributed by atoms with Gasteiger partial charge in [0.2, 0.25) is 0 Å². The molecule has 0 spiro atoms. The van der Waals surface area contributed by atoms with Crippen LogP contribution in [0.4, 0.5) is 0 Å². The molecule has 3 rings (SSSR count). The summed E-state index contributed by atoms with van der Waals surface area (Å²) < 4.78 is 5.21. The standard InChI is InChI=1S/C25H27NO4.ClH/c1-17(26-16-23(27)20-6-4-3-5-7-20)14-18-8-10-19(11-9-18)21-12-13-22(25(28)29)24(15-21)30-2;/h3-13,15,17,23,26-27H,14,16H2,1-2H3,(H,28,29);1H/t17-,23+;/m1./s1. The topological polar surface area (TPSA) is 78.8 Å². The number of rotatable bonds is 9. The number of nitrogens with one attached hydrogen (secondary N) is 1. The van der Waals surface area contributed by atoms with Crippen molar-refractivity contribution in [1.29, 1.82) is 0 Å². The van der Waals surface area contributed by atoms with Gasteiger partial charge in [0.15, 0.2) is 0 Å². The fourth-order valence-corrected chi connectivity index (χ4v) is 3.41. The highest BCUT2D eigenvalue weighted by atomic mass is 35.5. The monoisotopic (exact) mass is 441 g/mol. The molecule has 0 heterocycles. The minimum atomic E-state index is -1.01. The van der Waals surface area contributed by atoms with Crippen LogP contribution >= 0.6 is 12.4 Å². The molecular formula is C25H28ClNO4. The van der Waals surface area contributed by atoms with Crippen LogP contribution < -0.4 is 10.1 Å². The lowest BCUT2D eigenvalue weighted by molar-refractivity contribution is 0.0693. The second kappa shape index (κ2) is 11.5. The Labute approximate surface area is 189 Å². The third-order valence-corrected chi connectivity index (χ3v) is 5.11. The minimum Gasteiger partial charge on any atom is -0.496 e. The van der Waals surface area contributed by atoms with Crippen LogP contribution in [0.2, 0.25) is 0 Å². The average Bonchev–Trinajstić information content (AvgIpc) is 2.78. The van der Waals surface area contributed by atoms with E-state index in [1.165, 1.54) is 12.7 Å². The van der Waals surface area contributed by atoms with Gasteiger partial charge in [-0.1, -0.05) is 60.7 Å². The van der Waals surface area contributed by atoms with Crippen molar-refractivity contribution in [2.45, 2.75) is 25.5 Å². The Hall–Kier alpha value is -2.86. The van der Waals surface area contributed by atoms with E-state index in [-0.39, 0.29) is 24.0 Å². The van der Waals surface area contributed by atoms with E-state index in [1.54, 1.807) is 18.2 Å². The second-order valence-corrected chi connectivity index (χ2v) is 7.36. The van der Waals surface area contributed by atoms with Gasteiger partial charge in [0, 0.05) is 12.6 Å². The van der Waals surface area contributed by atoms with Gasteiger partial charge in [0.1, 0.15) is 11.3 Å². The second-order valence-electron chi connectivity index (χ2n) is 7.36. The van der Waals surface area contributed by atoms with Crippen molar-refractivity contribution < 1.29 is 19.7 Å². The van der Waals surface area contributed by atoms with E-state index in [0.717, 1.165) is 23.1 Å². The highest BCUT2D eigenvalue weighted by molar-refractivity contribution is 5.92. The van der Waals surface area contributed by atoms with Crippen LogP contribution in [-0.4, -0.2) is 35.9 Å². The Morgan fingerprint density at radius 3 is 2.26 bits per heavy atom. The van der Waals surface area contributed by atoms with E-state index in [4.69, 9.17) is 4.74 Å². The van der Waals surface area contributed by atoms with E-state index < -0.39 is 12.1 Å². The molecule has 0 aliphatic heterocycles. The number of carboxylic acid groups (broad SMARTS) is 1. The molecule has 2 atom stereocenters. The molecule has 0 unspecified atom stereocenters. The molecule has 5 nitrogen and oxygen atoms in total. The molecule has 0 aliphatic carbocycles. The first-order chi connectivity index (χ1) is 14.5. The molecule has 0 amide bonds. The van der Waals surface area contributed by atoms with Gasteiger partial charge in [-0.05, 0) is 47.7 Å². The maximum Gasteiger partial charge on any atom is 0.339 e. The summed E-state index contributed by atoms with van der Waals surface area (Å²) in [5, 5.41) is 22.9. The number of hydrogen-bond donors (Lipinski definition) is 3. The number of carbonyl (C=O) groups is 1. The summed E-state index contributed by atoms with van der Waals surface area (Å²) in [5.74, 6) is -0.661. The van der Waals surface area contributed by atoms with Crippen molar-refractivity contribution in [3.05, 3.63) is 89.5 Å². The van der Waals surface area contributed by atoms with Gasteiger partial charge in [-0.15, -0.1) is 12.4 Å². The Kier molecular flexibility index (Phi) is 9.06. The van der Waals surface area contributed by atoms with E-state index >= 15 is 0 Å². The van der Waals surface area contributed by atoms with E-state index in [1.807, 2.05) is 42.5 Å². The highest BCUT2D eigenvalue weighted by Gasteiger charge is 2.13. The van der Waals surface area contributed by atoms with E-state index in [9.17, 15) is 15.0 Å². The number of halogens is 1. The fourth-order valence-electron chi connectivity index (χ4n) is 3.41. The first kappa shape index (κ1) is 24.4. The lowest BCUT2D eigenvalue weighted by Gasteiger charge is -2.18. The molecule has 0 fully saturated rings. The summed E-state index contributed by atoms with van der Waals surface area (Å²) in [4.78, 5) is 11.3. The van der Waals surface area contributed by atoms with Crippen LogP contribution in [0.25, 0.3) is 11.1 Å². The smallest absolute Gasteiger partial charge is 0.339 e. The largest absolute Gasteiger partial charge is 0.496 e. The third-order valence-electron chi connectivity index (χ3n) is 5.11. The van der Waals surface area contributed by atoms with Gasteiger partial charge in [-0.2, -0.15) is 0 Å². The van der Waals surface area contributed by atoms with Crippen molar-refractivity contribution in [2.75, 3.05) is 13.7 Å². The van der Waals surface area contributed by atoms with Crippen molar-refractivity contribution in [3.8, 4) is 16.9 Å². The fraction of sp³-hybridized carbons (Fsp3) is 0.240. The van der Waals surface area contributed by atoms with Crippen molar-refractivity contribution in [3.63, 3.8) is 0 Å². The van der Waals surface area contributed by atoms with Crippen LogP contribution in [0.5, 0.6) is 5.75 Å². The maximum atomic E-state index is 11.3. The minimum absolute atomic E-state index is 0. The molecule has 0 aliphatic rings. The Morgan fingerprint density at radius 1 is 1.00 bits per heavy atom. The zero-order valence-corrected chi connectivity index (χ0v) is 18.4. The molecule has 164 valence electrons. The van der Waals surface area contributed by atoms with Crippen LogP contribution in [-0.2, 0) is 6.42 Å². The number of carboxylic acids is 1. The molecule has 3 aromatic carbocycles.